The number of alkyl halides is 3. The number of benzene rings is 2. The molecule has 10 heteroatoms. The van der Waals surface area contributed by atoms with Gasteiger partial charge in [-0.25, -0.2) is 0 Å². The lowest BCUT2D eigenvalue weighted by Gasteiger charge is -2.10. The molecule has 0 bridgehead atoms. The van der Waals surface area contributed by atoms with Crippen molar-refractivity contribution in [1.29, 1.82) is 0 Å². The summed E-state index contributed by atoms with van der Waals surface area (Å²) >= 11 is 5.22. The van der Waals surface area contributed by atoms with Crippen molar-refractivity contribution in [2.24, 2.45) is 0 Å². The molecular weight excluding hydrogens is 417 g/mol. The summed E-state index contributed by atoms with van der Waals surface area (Å²) in [4.78, 5) is 12.4. The van der Waals surface area contributed by atoms with Gasteiger partial charge in [-0.15, -0.1) is 0 Å². The highest BCUT2D eigenvalue weighted by Crippen LogP contribution is 2.29. The number of rotatable bonds is 7. The maximum absolute atomic E-state index is 12.6. The number of H-pyrrole nitrogens is 1. The van der Waals surface area contributed by atoms with Crippen LogP contribution in [0.15, 0.2) is 48.5 Å². The minimum atomic E-state index is -4.39. The van der Waals surface area contributed by atoms with Crippen molar-refractivity contribution < 1.29 is 22.7 Å². The van der Waals surface area contributed by atoms with Gasteiger partial charge in [-0.1, -0.05) is 12.1 Å². The fourth-order valence-corrected chi connectivity index (χ4v) is 2.96. The smallest absolute Gasteiger partial charge is 0.416 e. The van der Waals surface area contributed by atoms with Crippen LogP contribution in [0.3, 0.4) is 0 Å². The molecule has 1 heterocycles. The monoisotopic (exact) mass is 436 g/mol. The summed E-state index contributed by atoms with van der Waals surface area (Å²) in [6.07, 6.45) is -4.39. The fourth-order valence-electron chi connectivity index (χ4n) is 2.76. The number of halogens is 3. The maximum atomic E-state index is 12.6. The molecule has 0 unspecified atom stereocenters. The van der Waals surface area contributed by atoms with E-state index in [4.69, 9.17) is 17.0 Å². The van der Waals surface area contributed by atoms with Gasteiger partial charge in [0.25, 0.3) is 0 Å². The maximum Gasteiger partial charge on any atom is 0.416 e. The van der Waals surface area contributed by atoms with E-state index >= 15 is 0 Å². The molecule has 3 aromatic rings. The molecule has 0 saturated carbocycles. The van der Waals surface area contributed by atoms with E-state index in [1.54, 1.807) is 16.7 Å². The number of amides is 1. The molecule has 2 N–H and O–H groups in total. The summed E-state index contributed by atoms with van der Waals surface area (Å²) in [7, 11) is 0. The fraction of sp³-hybridized carbons (Fsp3) is 0.250. The first-order valence-corrected chi connectivity index (χ1v) is 9.50. The van der Waals surface area contributed by atoms with Gasteiger partial charge in [0.15, 0.2) is 10.6 Å². The number of aromatic nitrogens is 3. The molecule has 0 radical (unpaired) electrons. The second-order valence-corrected chi connectivity index (χ2v) is 6.75. The van der Waals surface area contributed by atoms with Gasteiger partial charge in [0, 0.05) is 12.1 Å². The summed E-state index contributed by atoms with van der Waals surface area (Å²) < 4.78 is 45.1. The van der Waals surface area contributed by atoms with Crippen LogP contribution in [-0.4, -0.2) is 27.3 Å². The van der Waals surface area contributed by atoms with Crippen LogP contribution < -0.4 is 10.1 Å². The number of nitrogens with one attached hydrogen (secondary N) is 2. The molecule has 1 aromatic heterocycles. The van der Waals surface area contributed by atoms with Crippen molar-refractivity contribution in [1.82, 2.24) is 20.1 Å². The molecule has 30 heavy (non-hydrogen) atoms. The van der Waals surface area contributed by atoms with Gasteiger partial charge in [-0.3, -0.25) is 14.5 Å². The van der Waals surface area contributed by atoms with Crippen molar-refractivity contribution in [2.45, 2.75) is 26.2 Å². The van der Waals surface area contributed by atoms with Crippen LogP contribution in [0.5, 0.6) is 5.75 Å². The third-order valence-corrected chi connectivity index (χ3v) is 4.57. The minimum Gasteiger partial charge on any atom is -0.494 e. The Labute approximate surface area is 175 Å². The standard InChI is InChI=1S/C20H19F3N4O2S/c1-2-29-16-9-5-14(6-10-16)18-25-26-19(30)27(18)12-17(28)24-11-13-3-7-15(8-4-13)20(21,22)23/h3-10H,2,11-12H2,1H3,(H,24,28)(H,26,30). The summed E-state index contributed by atoms with van der Waals surface area (Å²) in [5.74, 6) is 0.864. The van der Waals surface area contributed by atoms with E-state index in [-0.39, 0.29) is 23.8 Å². The van der Waals surface area contributed by atoms with Gasteiger partial charge in [0.1, 0.15) is 12.3 Å². The van der Waals surface area contributed by atoms with Crippen LogP contribution in [-0.2, 0) is 24.1 Å². The highest BCUT2D eigenvalue weighted by Gasteiger charge is 2.29. The van der Waals surface area contributed by atoms with E-state index in [2.05, 4.69) is 15.5 Å². The number of nitrogens with zero attached hydrogens (tertiary/aromatic N) is 2. The first kappa shape index (κ1) is 21.6. The lowest BCUT2D eigenvalue weighted by atomic mass is 10.1. The summed E-state index contributed by atoms with van der Waals surface area (Å²) in [6.45, 7) is 2.46. The van der Waals surface area contributed by atoms with Crippen molar-refractivity contribution in [3.63, 3.8) is 0 Å². The number of ether oxygens (including phenoxy) is 1. The van der Waals surface area contributed by atoms with Crippen LogP contribution >= 0.6 is 12.2 Å². The molecule has 2 aromatic carbocycles. The highest BCUT2D eigenvalue weighted by atomic mass is 32.1. The summed E-state index contributed by atoms with van der Waals surface area (Å²) in [6, 6.07) is 11.8. The Balaban J connectivity index is 1.66. The lowest BCUT2D eigenvalue weighted by molar-refractivity contribution is -0.137. The predicted octanol–water partition coefficient (Wildman–Crippen LogP) is 4.34. The third-order valence-electron chi connectivity index (χ3n) is 4.25. The number of carbonyl (C=O) groups excluding carboxylic acids is 1. The molecule has 0 saturated heterocycles. The predicted molar refractivity (Wildman–Crippen MR) is 107 cm³/mol. The van der Waals surface area contributed by atoms with Crippen molar-refractivity contribution in [2.75, 3.05) is 6.61 Å². The molecule has 6 nitrogen and oxygen atoms in total. The molecular formula is C20H19F3N4O2S. The Morgan fingerprint density at radius 2 is 1.83 bits per heavy atom. The first-order valence-electron chi connectivity index (χ1n) is 9.09. The largest absolute Gasteiger partial charge is 0.494 e. The van der Waals surface area contributed by atoms with Crippen molar-refractivity contribution in [3.05, 3.63) is 64.4 Å². The number of hydrogen-bond acceptors (Lipinski definition) is 4. The van der Waals surface area contributed by atoms with Gasteiger partial charge < -0.3 is 10.1 Å². The number of hydrogen-bond donors (Lipinski definition) is 2. The van der Waals surface area contributed by atoms with Crippen LogP contribution in [0.1, 0.15) is 18.1 Å². The molecule has 0 aliphatic carbocycles. The zero-order valence-electron chi connectivity index (χ0n) is 16.0. The van der Waals surface area contributed by atoms with Crippen molar-refractivity contribution in [3.8, 4) is 17.1 Å². The SMILES string of the molecule is CCOc1ccc(-c2n[nH]c(=S)n2CC(=O)NCc2ccc(C(F)(F)F)cc2)cc1. The van der Waals surface area contributed by atoms with E-state index in [9.17, 15) is 18.0 Å². The van der Waals surface area contributed by atoms with E-state index < -0.39 is 11.7 Å². The lowest BCUT2D eigenvalue weighted by Crippen LogP contribution is -2.27. The zero-order valence-corrected chi connectivity index (χ0v) is 16.8. The number of aromatic amines is 1. The third kappa shape index (κ3) is 5.26. The second kappa shape index (κ2) is 9.12. The van der Waals surface area contributed by atoms with E-state index in [0.29, 0.717) is 18.0 Å². The average Bonchev–Trinajstić information content (AvgIpc) is 3.07. The molecule has 0 atom stereocenters. The second-order valence-electron chi connectivity index (χ2n) is 6.37. The molecule has 3 rings (SSSR count). The first-order chi connectivity index (χ1) is 14.3. The molecule has 158 valence electrons. The van der Waals surface area contributed by atoms with E-state index in [0.717, 1.165) is 23.4 Å². The Bertz CT molecular complexity index is 1060. The van der Waals surface area contributed by atoms with Crippen LogP contribution in [0.25, 0.3) is 11.4 Å². The Morgan fingerprint density at radius 3 is 2.43 bits per heavy atom. The van der Waals surface area contributed by atoms with E-state index in [1.165, 1.54) is 12.1 Å². The van der Waals surface area contributed by atoms with Crippen LogP contribution in [0, 0.1) is 4.77 Å². The summed E-state index contributed by atoms with van der Waals surface area (Å²) in [5.41, 5.74) is 0.572. The van der Waals surface area contributed by atoms with Gasteiger partial charge in [0.05, 0.1) is 12.2 Å². The topological polar surface area (TPSA) is 71.9 Å². The Hall–Kier alpha value is -3.14. The highest BCUT2D eigenvalue weighted by molar-refractivity contribution is 7.71. The molecule has 0 aliphatic heterocycles. The van der Waals surface area contributed by atoms with Gasteiger partial charge in [-0.2, -0.15) is 18.3 Å². The van der Waals surface area contributed by atoms with Gasteiger partial charge in [0.2, 0.25) is 5.91 Å². The minimum absolute atomic E-state index is 0.0848. The molecule has 0 spiro atoms. The molecule has 0 fully saturated rings. The summed E-state index contributed by atoms with van der Waals surface area (Å²) in [5, 5.41) is 9.54. The van der Waals surface area contributed by atoms with Gasteiger partial charge >= 0.3 is 6.18 Å². The molecule has 1 amide bonds. The van der Waals surface area contributed by atoms with Crippen molar-refractivity contribution >= 4 is 18.1 Å². The van der Waals surface area contributed by atoms with Crippen LogP contribution in [0.2, 0.25) is 0 Å². The quantitative estimate of drug-likeness (QED) is 0.541. The average molecular weight is 436 g/mol. The number of carbonyl (C=O) groups is 1. The normalized spacial score (nSPS) is 11.3. The zero-order chi connectivity index (χ0) is 21.7. The Kier molecular flexibility index (Phi) is 6.56. The molecule has 0 aliphatic rings. The van der Waals surface area contributed by atoms with Gasteiger partial charge in [-0.05, 0) is 61.1 Å². The Morgan fingerprint density at radius 1 is 1.17 bits per heavy atom. The van der Waals surface area contributed by atoms with E-state index in [1.807, 2.05) is 19.1 Å². The van der Waals surface area contributed by atoms with Crippen LogP contribution in [0.4, 0.5) is 13.2 Å².